The highest BCUT2D eigenvalue weighted by Crippen LogP contribution is 2.28. The summed E-state index contributed by atoms with van der Waals surface area (Å²) in [7, 11) is 1.54. The number of aliphatic hydroxyl groups excluding tert-OH is 2. The number of rotatable bonds is 4. The van der Waals surface area contributed by atoms with Crippen LogP contribution in [-0.4, -0.2) is 137 Å². The molecular weight excluding hydrogens is 570 g/mol. The normalized spacial score (nSPS) is 31.6. The Morgan fingerprint density at radius 2 is 1.86 bits per heavy atom. The lowest BCUT2D eigenvalue weighted by Gasteiger charge is -2.38. The van der Waals surface area contributed by atoms with E-state index in [9.17, 15) is 24.6 Å². The van der Waals surface area contributed by atoms with Crippen molar-refractivity contribution >= 4 is 17.7 Å². The number of likely N-dealkylation sites (tertiary alicyclic amines) is 1. The fraction of sp³-hybridized carbons (Fsp3) is 0.548. The van der Waals surface area contributed by atoms with Crippen molar-refractivity contribution < 1.29 is 38.8 Å². The van der Waals surface area contributed by atoms with Crippen LogP contribution in [0.4, 0.5) is 0 Å². The van der Waals surface area contributed by atoms with Crippen molar-refractivity contribution in [2.24, 2.45) is 0 Å². The van der Waals surface area contributed by atoms with Crippen LogP contribution in [0.1, 0.15) is 28.8 Å². The van der Waals surface area contributed by atoms with Crippen molar-refractivity contribution in [1.82, 2.24) is 25.0 Å². The summed E-state index contributed by atoms with van der Waals surface area (Å²) in [4.78, 5) is 50.5. The van der Waals surface area contributed by atoms with E-state index in [0.29, 0.717) is 44.0 Å². The molecule has 4 aliphatic heterocycles. The number of ether oxygens (including phenoxy) is 3. The fourth-order valence-electron chi connectivity index (χ4n) is 6.64. The summed E-state index contributed by atoms with van der Waals surface area (Å²) in [5, 5.41) is 24.7. The molecule has 5 heterocycles. The minimum atomic E-state index is -1.30. The number of hydrogen-bond acceptors (Lipinski definition) is 10. The van der Waals surface area contributed by atoms with Crippen molar-refractivity contribution in [3.63, 3.8) is 0 Å². The highest BCUT2D eigenvalue weighted by molar-refractivity contribution is 5.94. The Bertz CT molecular complexity index is 1330. The molecule has 4 aliphatic rings. The van der Waals surface area contributed by atoms with Crippen LogP contribution in [0.5, 0.6) is 5.75 Å². The van der Waals surface area contributed by atoms with Gasteiger partial charge in [0, 0.05) is 63.3 Å². The van der Waals surface area contributed by atoms with Crippen LogP contribution in [0.2, 0.25) is 0 Å². The number of nitrogens with zero attached hydrogens (tertiary/aromatic N) is 4. The van der Waals surface area contributed by atoms with Gasteiger partial charge in [0.2, 0.25) is 11.8 Å². The van der Waals surface area contributed by atoms with E-state index < -0.39 is 36.6 Å². The van der Waals surface area contributed by atoms with Crippen molar-refractivity contribution in [2.75, 3.05) is 46.4 Å². The van der Waals surface area contributed by atoms with Gasteiger partial charge in [-0.2, -0.15) is 0 Å². The average molecular weight is 610 g/mol. The molecule has 1 aromatic heterocycles. The third-order valence-corrected chi connectivity index (χ3v) is 8.91. The lowest BCUT2D eigenvalue weighted by molar-refractivity contribution is -0.144. The zero-order chi connectivity index (χ0) is 30.8. The molecule has 0 aliphatic carbocycles. The highest BCUT2D eigenvalue weighted by atomic mass is 16.5. The molecule has 236 valence electrons. The summed E-state index contributed by atoms with van der Waals surface area (Å²) < 4.78 is 17.3. The third-order valence-electron chi connectivity index (χ3n) is 8.91. The molecule has 4 saturated heterocycles. The predicted octanol–water partition coefficient (Wildman–Crippen LogP) is -0.588. The first-order valence-corrected chi connectivity index (χ1v) is 15.1. The number of carbonyl (C=O) groups excluding carboxylic acids is 3. The number of amides is 3. The van der Waals surface area contributed by atoms with E-state index in [2.05, 4.69) is 15.2 Å². The van der Waals surface area contributed by atoms with Crippen molar-refractivity contribution in [3.8, 4) is 5.75 Å². The van der Waals surface area contributed by atoms with Crippen LogP contribution in [0.3, 0.4) is 0 Å². The Morgan fingerprint density at radius 1 is 1.07 bits per heavy atom. The minimum absolute atomic E-state index is 0.0425. The maximum Gasteiger partial charge on any atom is 0.254 e. The van der Waals surface area contributed by atoms with Crippen LogP contribution < -0.4 is 10.1 Å². The first-order chi connectivity index (χ1) is 21.3. The number of aliphatic hydroxyl groups is 2. The number of morpholine rings is 1. The molecule has 7 atom stereocenters. The zero-order valence-corrected chi connectivity index (χ0v) is 24.7. The van der Waals surface area contributed by atoms with Crippen molar-refractivity contribution in [2.45, 2.75) is 62.0 Å². The predicted molar refractivity (Wildman–Crippen MR) is 155 cm³/mol. The van der Waals surface area contributed by atoms with Gasteiger partial charge in [0.1, 0.15) is 24.1 Å². The number of aromatic nitrogens is 1. The van der Waals surface area contributed by atoms with E-state index in [1.54, 1.807) is 48.7 Å². The lowest BCUT2D eigenvalue weighted by Crippen LogP contribution is -2.55. The number of benzene rings is 1. The Kier molecular flexibility index (Phi) is 9.10. The number of nitrogens with one attached hydrogen (secondary N) is 1. The smallest absolute Gasteiger partial charge is 0.254 e. The molecule has 0 unspecified atom stereocenters. The quantitative estimate of drug-likeness (QED) is 0.410. The molecule has 13 heteroatoms. The Hall–Kier alpha value is -3.62. The Morgan fingerprint density at radius 3 is 2.61 bits per heavy atom. The van der Waals surface area contributed by atoms with Crippen LogP contribution >= 0.6 is 0 Å². The second kappa shape index (κ2) is 13.2. The molecule has 6 rings (SSSR count). The molecule has 4 fully saturated rings. The van der Waals surface area contributed by atoms with E-state index in [1.807, 2.05) is 12.1 Å². The SMILES string of the molecule is COc1ccc(C(=O)N2C[C@@H]3CN(CCO3)C(=O)[C@@H]3C[C@@H](CN3Cc3cccnc3)NC(=O)C[C@@H]3O[C@H](C2)[C@@H](O)[C@H]3O)cc1. The van der Waals surface area contributed by atoms with Crippen LogP contribution in [0.15, 0.2) is 48.8 Å². The molecule has 0 radical (unpaired) electrons. The van der Waals surface area contributed by atoms with E-state index in [1.165, 1.54) is 4.90 Å². The molecule has 6 bridgehead atoms. The van der Waals surface area contributed by atoms with E-state index in [0.717, 1.165) is 5.56 Å². The molecular formula is C31H39N5O8. The number of methoxy groups -OCH3 is 1. The first-order valence-electron chi connectivity index (χ1n) is 15.1. The molecule has 3 amide bonds. The van der Waals surface area contributed by atoms with Gasteiger partial charge in [0.05, 0.1) is 38.4 Å². The minimum Gasteiger partial charge on any atom is -0.497 e. The topological polar surface area (TPSA) is 154 Å². The van der Waals surface area contributed by atoms with Crippen molar-refractivity contribution in [1.29, 1.82) is 0 Å². The number of pyridine rings is 1. The summed E-state index contributed by atoms with van der Waals surface area (Å²) in [6.07, 6.45) is -1.24. The van der Waals surface area contributed by atoms with Crippen LogP contribution in [0.25, 0.3) is 0 Å². The molecule has 1 aromatic carbocycles. The third kappa shape index (κ3) is 6.57. The van der Waals surface area contributed by atoms with Gasteiger partial charge < -0.3 is 39.5 Å². The van der Waals surface area contributed by atoms with Gasteiger partial charge in [0.25, 0.3) is 5.91 Å². The molecule has 44 heavy (non-hydrogen) atoms. The maximum atomic E-state index is 14.0. The van der Waals surface area contributed by atoms with Crippen LogP contribution in [-0.2, 0) is 25.6 Å². The van der Waals surface area contributed by atoms with Gasteiger partial charge in [0.15, 0.2) is 0 Å². The second-order valence-corrected chi connectivity index (χ2v) is 11.9. The van der Waals surface area contributed by atoms with Crippen molar-refractivity contribution in [3.05, 3.63) is 59.9 Å². The molecule has 3 N–H and O–H groups in total. The van der Waals surface area contributed by atoms with Gasteiger partial charge >= 0.3 is 0 Å². The maximum absolute atomic E-state index is 14.0. The number of carbonyl (C=O) groups is 3. The summed E-state index contributed by atoms with van der Waals surface area (Å²) in [5.74, 6) is -0.113. The summed E-state index contributed by atoms with van der Waals surface area (Å²) in [5.41, 5.74) is 1.36. The molecule has 13 nitrogen and oxygen atoms in total. The number of hydrogen-bond donors (Lipinski definition) is 3. The largest absolute Gasteiger partial charge is 0.497 e. The lowest BCUT2D eigenvalue weighted by atomic mass is 10.0. The number of fused-ring (bicyclic) bond motifs is 6. The fourth-order valence-corrected chi connectivity index (χ4v) is 6.64. The standard InChI is InChI=1S/C31H39N5O8/c1-42-22-6-4-20(5-7-22)30(40)36-17-23-16-34(9-10-43-23)31(41)24-11-21(15-35(24)14-19-3-2-8-32-13-19)33-27(37)12-25-28(38)29(39)26(18-36)44-25/h2-8,13,21,23-26,28-29,38-39H,9-12,14-18H2,1H3,(H,33,37)/t21-,23-,24-,25-,26+,28-,29+/m0/s1. The Labute approximate surface area is 255 Å². The summed E-state index contributed by atoms with van der Waals surface area (Å²) >= 11 is 0. The first kappa shape index (κ1) is 30.4. The average Bonchev–Trinajstić information content (AvgIpc) is 3.55. The Balaban J connectivity index is 1.28. The van der Waals surface area contributed by atoms with Gasteiger partial charge in [-0.1, -0.05) is 6.07 Å². The van der Waals surface area contributed by atoms with E-state index in [-0.39, 0.29) is 49.8 Å². The summed E-state index contributed by atoms with van der Waals surface area (Å²) in [6.45, 7) is 2.04. The monoisotopic (exact) mass is 609 g/mol. The second-order valence-electron chi connectivity index (χ2n) is 11.9. The zero-order valence-electron chi connectivity index (χ0n) is 24.7. The molecule has 2 aromatic rings. The van der Waals surface area contributed by atoms with Crippen LogP contribution in [0, 0.1) is 0 Å². The molecule has 0 saturated carbocycles. The van der Waals surface area contributed by atoms with Gasteiger partial charge in [-0.15, -0.1) is 0 Å². The van der Waals surface area contributed by atoms with Gasteiger partial charge in [-0.25, -0.2) is 0 Å². The molecule has 0 spiro atoms. The highest BCUT2D eigenvalue weighted by Gasteiger charge is 2.46. The van der Waals surface area contributed by atoms with Gasteiger partial charge in [-0.05, 0) is 42.3 Å². The van der Waals surface area contributed by atoms with Gasteiger partial charge in [-0.3, -0.25) is 24.3 Å². The van der Waals surface area contributed by atoms with E-state index >= 15 is 0 Å². The van der Waals surface area contributed by atoms with E-state index in [4.69, 9.17) is 14.2 Å². The summed E-state index contributed by atoms with van der Waals surface area (Å²) in [6, 6.07) is 9.73.